The van der Waals surface area contributed by atoms with Crippen molar-refractivity contribution in [2.45, 2.75) is 6.18 Å². The number of hydrogen-bond donors (Lipinski definition) is 1. The summed E-state index contributed by atoms with van der Waals surface area (Å²) in [5.74, 6) is 0. The molecule has 0 radical (unpaired) electrons. The molecule has 1 aromatic carbocycles. The van der Waals surface area contributed by atoms with Gasteiger partial charge in [-0.2, -0.15) is 13.2 Å². The minimum atomic E-state index is -4.37. The minimum absolute atomic E-state index is 0.296. The van der Waals surface area contributed by atoms with E-state index in [0.29, 0.717) is 15.8 Å². The van der Waals surface area contributed by atoms with Gasteiger partial charge in [0.15, 0.2) is 0 Å². The Morgan fingerprint density at radius 3 is 2.29 bits per heavy atom. The van der Waals surface area contributed by atoms with Gasteiger partial charge >= 0.3 is 6.18 Å². The largest absolute Gasteiger partial charge is 0.417 e. The van der Waals surface area contributed by atoms with E-state index in [0.717, 1.165) is 12.3 Å². The number of benzene rings is 1. The molecule has 88 valence electrons. The summed E-state index contributed by atoms with van der Waals surface area (Å²) >= 11 is 4.99. The van der Waals surface area contributed by atoms with Crippen molar-refractivity contribution in [1.29, 1.82) is 0 Å². The third-order valence-corrected chi connectivity index (χ3v) is 2.65. The van der Waals surface area contributed by atoms with E-state index in [1.54, 1.807) is 30.3 Å². The van der Waals surface area contributed by atoms with Gasteiger partial charge in [-0.1, -0.05) is 42.5 Å². The highest BCUT2D eigenvalue weighted by molar-refractivity contribution is 7.71. The van der Waals surface area contributed by atoms with Crippen molar-refractivity contribution in [3.8, 4) is 11.1 Å². The summed E-state index contributed by atoms with van der Waals surface area (Å²) in [5.41, 5.74) is 0.320. The summed E-state index contributed by atoms with van der Waals surface area (Å²) < 4.78 is 38.0. The minimum Gasteiger partial charge on any atom is -0.352 e. The molecule has 0 aliphatic rings. The first-order valence-corrected chi connectivity index (χ1v) is 5.24. The van der Waals surface area contributed by atoms with E-state index >= 15 is 0 Å². The second-order valence-corrected chi connectivity index (χ2v) is 3.90. The lowest BCUT2D eigenvalue weighted by molar-refractivity contribution is -0.137. The molecule has 0 fully saturated rings. The van der Waals surface area contributed by atoms with Crippen LogP contribution in [0.5, 0.6) is 0 Å². The average Bonchev–Trinajstić information content (AvgIpc) is 2.29. The molecule has 2 rings (SSSR count). The Morgan fingerprint density at radius 1 is 1.06 bits per heavy atom. The molecule has 1 aromatic heterocycles. The number of pyridine rings is 1. The number of rotatable bonds is 1. The lowest BCUT2D eigenvalue weighted by atomic mass is 10.1. The van der Waals surface area contributed by atoms with Gasteiger partial charge in [-0.3, -0.25) is 0 Å². The monoisotopic (exact) mass is 255 g/mol. The maximum absolute atomic E-state index is 12.6. The van der Waals surface area contributed by atoms with Crippen LogP contribution in [-0.2, 0) is 6.18 Å². The molecule has 0 saturated carbocycles. The van der Waals surface area contributed by atoms with Crippen molar-refractivity contribution in [3.63, 3.8) is 0 Å². The maximum atomic E-state index is 12.6. The molecule has 1 heterocycles. The van der Waals surface area contributed by atoms with Crippen LogP contribution in [0, 0.1) is 4.64 Å². The van der Waals surface area contributed by atoms with Gasteiger partial charge in [0, 0.05) is 11.8 Å². The molecule has 2 aromatic rings. The van der Waals surface area contributed by atoms with Crippen LogP contribution in [0.4, 0.5) is 13.2 Å². The van der Waals surface area contributed by atoms with Crippen molar-refractivity contribution in [3.05, 3.63) is 52.8 Å². The van der Waals surface area contributed by atoms with Gasteiger partial charge in [0.1, 0.15) is 4.64 Å². The predicted molar refractivity (Wildman–Crippen MR) is 62.1 cm³/mol. The van der Waals surface area contributed by atoms with Crippen molar-refractivity contribution < 1.29 is 13.2 Å². The molecule has 0 amide bonds. The summed E-state index contributed by atoms with van der Waals surface area (Å²) in [7, 11) is 0. The second kappa shape index (κ2) is 4.33. The zero-order chi connectivity index (χ0) is 12.5. The number of halogens is 3. The predicted octanol–water partition coefficient (Wildman–Crippen LogP) is 4.43. The standard InChI is InChI=1S/C12H8F3NS/c13-12(14,15)9-6-10(11(17)16-7-9)8-4-2-1-3-5-8/h1-7H,(H,16,17). The Kier molecular flexibility index (Phi) is 3.02. The number of nitrogens with one attached hydrogen (secondary N) is 1. The summed E-state index contributed by atoms with van der Waals surface area (Å²) in [6.45, 7) is 0. The first-order chi connectivity index (χ1) is 7.98. The van der Waals surface area contributed by atoms with E-state index in [4.69, 9.17) is 12.2 Å². The van der Waals surface area contributed by atoms with Gasteiger partial charge in [0.25, 0.3) is 0 Å². The fourth-order valence-corrected chi connectivity index (χ4v) is 1.72. The molecule has 5 heteroatoms. The molecular weight excluding hydrogens is 247 g/mol. The second-order valence-electron chi connectivity index (χ2n) is 3.49. The van der Waals surface area contributed by atoms with Gasteiger partial charge in [-0.25, -0.2) is 0 Å². The number of aromatic amines is 1. The Labute approximate surface area is 101 Å². The van der Waals surface area contributed by atoms with Gasteiger partial charge in [-0.15, -0.1) is 0 Å². The van der Waals surface area contributed by atoms with Crippen molar-refractivity contribution in [2.75, 3.05) is 0 Å². The number of alkyl halides is 3. The van der Waals surface area contributed by atoms with E-state index in [-0.39, 0.29) is 0 Å². The molecule has 1 N–H and O–H groups in total. The zero-order valence-electron chi connectivity index (χ0n) is 8.58. The highest BCUT2D eigenvalue weighted by Crippen LogP contribution is 2.31. The molecule has 0 unspecified atom stereocenters. The number of H-pyrrole nitrogens is 1. The molecule has 1 nitrogen and oxygen atoms in total. The van der Waals surface area contributed by atoms with Crippen LogP contribution in [-0.4, -0.2) is 4.98 Å². The fraction of sp³-hybridized carbons (Fsp3) is 0.0833. The molecule has 0 saturated heterocycles. The van der Waals surface area contributed by atoms with E-state index in [2.05, 4.69) is 4.98 Å². The van der Waals surface area contributed by atoms with Crippen LogP contribution in [0.3, 0.4) is 0 Å². The third kappa shape index (κ3) is 2.55. The number of hydrogen-bond acceptors (Lipinski definition) is 1. The summed E-state index contributed by atoms with van der Waals surface area (Å²) in [6.07, 6.45) is -3.49. The summed E-state index contributed by atoms with van der Waals surface area (Å²) in [5, 5.41) is 0. The fourth-order valence-electron chi connectivity index (χ4n) is 1.48. The van der Waals surface area contributed by atoms with Crippen molar-refractivity contribution >= 4 is 12.2 Å². The lowest BCUT2D eigenvalue weighted by Gasteiger charge is -2.09. The average molecular weight is 255 g/mol. The molecule has 0 aliphatic carbocycles. The van der Waals surface area contributed by atoms with E-state index < -0.39 is 11.7 Å². The zero-order valence-corrected chi connectivity index (χ0v) is 9.40. The van der Waals surface area contributed by atoms with Crippen LogP contribution in [0.25, 0.3) is 11.1 Å². The maximum Gasteiger partial charge on any atom is 0.417 e. The first-order valence-electron chi connectivity index (χ1n) is 4.84. The molecule has 0 aliphatic heterocycles. The normalized spacial score (nSPS) is 11.5. The van der Waals surface area contributed by atoms with Crippen molar-refractivity contribution in [2.24, 2.45) is 0 Å². The number of aromatic nitrogens is 1. The third-order valence-electron chi connectivity index (χ3n) is 2.32. The Morgan fingerprint density at radius 2 is 1.71 bits per heavy atom. The highest BCUT2D eigenvalue weighted by atomic mass is 32.1. The van der Waals surface area contributed by atoms with Gasteiger partial charge in [-0.05, 0) is 11.6 Å². The Hall–Kier alpha value is -1.62. The molecule has 0 atom stereocenters. The first kappa shape index (κ1) is 11.9. The molecule has 17 heavy (non-hydrogen) atoms. The van der Waals surface area contributed by atoms with Crippen LogP contribution in [0.15, 0.2) is 42.6 Å². The van der Waals surface area contributed by atoms with Crippen LogP contribution < -0.4 is 0 Å². The smallest absolute Gasteiger partial charge is 0.352 e. The Balaban J connectivity index is 2.59. The van der Waals surface area contributed by atoms with Crippen LogP contribution >= 0.6 is 12.2 Å². The summed E-state index contributed by atoms with van der Waals surface area (Å²) in [4.78, 5) is 2.47. The van der Waals surface area contributed by atoms with E-state index in [1.165, 1.54) is 0 Å². The molecule has 0 bridgehead atoms. The van der Waals surface area contributed by atoms with E-state index in [1.807, 2.05) is 0 Å². The van der Waals surface area contributed by atoms with Crippen LogP contribution in [0.1, 0.15) is 5.56 Å². The Bertz CT molecular complexity index is 572. The van der Waals surface area contributed by atoms with E-state index in [9.17, 15) is 13.2 Å². The topological polar surface area (TPSA) is 15.8 Å². The SMILES string of the molecule is FC(F)(F)c1c[nH]c(=S)c(-c2ccccc2)c1. The molecule has 0 spiro atoms. The molecular formula is C12H8F3NS. The quantitative estimate of drug-likeness (QED) is 0.745. The van der Waals surface area contributed by atoms with Crippen molar-refractivity contribution in [1.82, 2.24) is 4.98 Å². The summed E-state index contributed by atoms with van der Waals surface area (Å²) in [6, 6.07) is 9.81. The van der Waals surface area contributed by atoms with Gasteiger partial charge < -0.3 is 4.98 Å². The van der Waals surface area contributed by atoms with Crippen LogP contribution in [0.2, 0.25) is 0 Å². The lowest BCUT2D eigenvalue weighted by Crippen LogP contribution is -2.05. The highest BCUT2D eigenvalue weighted by Gasteiger charge is 2.31. The van der Waals surface area contributed by atoms with Gasteiger partial charge in [0.2, 0.25) is 0 Å². The van der Waals surface area contributed by atoms with Gasteiger partial charge in [0.05, 0.1) is 5.56 Å².